The van der Waals surface area contributed by atoms with Crippen molar-refractivity contribution in [2.24, 2.45) is 22.6 Å². The minimum Gasteiger partial charge on any atom is -0.342 e. The third-order valence-electron chi connectivity index (χ3n) is 5.59. The summed E-state index contributed by atoms with van der Waals surface area (Å²) in [4.78, 5) is 8.89. The number of likely N-dealkylation sites (tertiary alicyclic amines) is 1. The van der Waals surface area contributed by atoms with Crippen LogP contribution in [0.15, 0.2) is 34.2 Å². The normalized spacial score (nSPS) is 30.3. The maximum absolute atomic E-state index is 6.40. The van der Waals surface area contributed by atoms with Crippen molar-refractivity contribution < 1.29 is 0 Å². The third-order valence-corrected chi connectivity index (χ3v) is 6.39. The molecule has 1 aromatic rings. The number of para-hydroxylation sites is 1. The molecule has 144 valence electrons. The van der Waals surface area contributed by atoms with E-state index in [2.05, 4.69) is 54.6 Å². The van der Waals surface area contributed by atoms with Gasteiger partial charge in [0.2, 0.25) is 0 Å². The van der Waals surface area contributed by atoms with Gasteiger partial charge < -0.3 is 16.0 Å². The second-order valence-electron chi connectivity index (χ2n) is 8.14. The average molecular weight is 375 g/mol. The lowest BCUT2D eigenvalue weighted by atomic mass is 9.91. The van der Waals surface area contributed by atoms with Crippen LogP contribution in [0.1, 0.15) is 46.0 Å². The maximum atomic E-state index is 6.40. The van der Waals surface area contributed by atoms with Gasteiger partial charge in [0.15, 0.2) is 5.96 Å². The molecule has 4 nitrogen and oxygen atoms in total. The molecule has 0 bridgehead atoms. The summed E-state index contributed by atoms with van der Waals surface area (Å²) in [6.07, 6.45) is 8.10. The molecule has 1 aliphatic carbocycles. The molecule has 2 unspecified atom stereocenters. The van der Waals surface area contributed by atoms with Crippen LogP contribution in [0.3, 0.4) is 0 Å². The Morgan fingerprint density at radius 2 is 1.85 bits per heavy atom. The van der Waals surface area contributed by atoms with Gasteiger partial charge in [-0.25, -0.2) is 4.99 Å². The summed E-state index contributed by atoms with van der Waals surface area (Å²) >= 11 is 1.77. The van der Waals surface area contributed by atoms with Crippen LogP contribution >= 0.6 is 11.8 Å². The van der Waals surface area contributed by atoms with E-state index in [4.69, 9.17) is 10.7 Å². The summed E-state index contributed by atoms with van der Waals surface area (Å²) < 4.78 is 0. The van der Waals surface area contributed by atoms with Gasteiger partial charge in [0, 0.05) is 24.0 Å². The van der Waals surface area contributed by atoms with Crippen LogP contribution in [0.4, 0.5) is 5.69 Å². The van der Waals surface area contributed by atoms with Gasteiger partial charge in [-0.1, -0.05) is 38.8 Å². The van der Waals surface area contributed by atoms with Gasteiger partial charge in [-0.2, -0.15) is 0 Å². The standard InChI is InChI=1S/C21H34N4S/c1-15-12-16(2)14-25(13-15)21(23-18-9-5-4-8-17(18)22)24-19-10-6-7-11-20(19)26-3/h6-7,10-11,15-18H,4-5,8-9,12-14,22H2,1-3H3,(H,23,24)/t15?,16?,17-,18-/m0/s1. The number of nitrogens with one attached hydrogen (secondary N) is 1. The van der Waals surface area contributed by atoms with E-state index in [1.165, 1.54) is 24.2 Å². The number of hydrogen-bond donors (Lipinski definition) is 2. The first-order chi connectivity index (χ1) is 12.6. The van der Waals surface area contributed by atoms with E-state index in [-0.39, 0.29) is 12.1 Å². The fourth-order valence-corrected chi connectivity index (χ4v) is 4.91. The summed E-state index contributed by atoms with van der Waals surface area (Å²) in [6, 6.07) is 8.93. The topological polar surface area (TPSA) is 53.6 Å². The smallest absolute Gasteiger partial charge is 0.198 e. The fraction of sp³-hybridized carbons (Fsp3) is 0.667. The molecular weight excluding hydrogens is 340 g/mol. The Hall–Kier alpha value is -1.20. The highest BCUT2D eigenvalue weighted by Crippen LogP contribution is 2.28. The molecule has 4 atom stereocenters. The third kappa shape index (κ3) is 4.95. The second kappa shape index (κ2) is 9.14. The number of nitrogens with two attached hydrogens (primary N) is 1. The van der Waals surface area contributed by atoms with Crippen LogP contribution < -0.4 is 11.1 Å². The van der Waals surface area contributed by atoms with Gasteiger partial charge in [-0.05, 0) is 49.5 Å². The van der Waals surface area contributed by atoms with E-state index in [0.29, 0.717) is 11.8 Å². The average Bonchev–Trinajstić information content (AvgIpc) is 2.62. The number of hydrogen-bond acceptors (Lipinski definition) is 3. The summed E-state index contributed by atoms with van der Waals surface area (Å²) in [5.41, 5.74) is 7.55. The van der Waals surface area contributed by atoms with E-state index in [1.54, 1.807) is 11.8 Å². The number of guanidine groups is 1. The molecule has 0 amide bonds. The Bertz CT molecular complexity index is 608. The Kier molecular flexibility index (Phi) is 6.87. The molecule has 3 N–H and O–H groups in total. The number of anilines is 1. The number of aliphatic imine (C=N–C) groups is 1. The lowest BCUT2D eigenvalue weighted by Gasteiger charge is -2.38. The number of rotatable bonds is 3. The Balaban J connectivity index is 1.87. The molecule has 2 fully saturated rings. The van der Waals surface area contributed by atoms with Crippen molar-refractivity contribution in [3.63, 3.8) is 0 Å². The molecule has 5 heteroatoms. The zero-order valence-electron chi connectivity index (χ0n) is 16.4. The first kappa shape index (κ1) is 19.6. The Labute approximate surface area is 163 Å². The van der Waals surface area contributed by atoms with Crippen molar-refractivity contribution in [1.82, 2.24) is 4.90 Å². The summed E-state index contributed by atoms with van der Waals surface area (Å²) in [5, 5.41) is 3.68. The van der Waals surface area contributed by atoms with Crippen molar-refractivity contribution in [2.75, 3.05) is 24.7 Å². The highest BCUT2D eigenvalue weighted by molar-refractivity contribution is 7.98. The van der Waals surface area contributed by atoms with Crippen LogP contribution in [-0.4, -0.2) is 42.3 Å². The fourth-order valence-electron chi connectivity index (χ4n) is 4.35. The Morgan fingerprint density at radius 3 is 2.54 bits per heavy atom. The molecule has 1 aromatic carbocycles. The zero-order valence-corrected chi connectivity index (χ0v) is 17.3. The van der Waals surface area contributed by atoms with Crippen LogP contribution in [0.5, 0.6) is 0 Å². The van der Waals surface area contributed by atoms with Gasteiger partial charge in [0.1, 0.15) is 0 Å². The van der Waals surface area contributed by atoms with Crippen LogP contribution in [0, 0.1) is 11.8 Å². The monoisotopic (exact) mass is 374 g/mol. The predicted molar refractivity (Wildman–Crippen MR) is 114 cm³/mol. The van der Waals surface area contributed by atoms with E-state index in [0.717, 1.165) is 37.6 Å². The summed E-state index contributed by atoms with van der Waals surface area (Å²) in [5.74, 6) is 2.41. The predicted octanol–water partition coefficient (Wildman–Crippen LogP) is 4.42. The van der Waals surface area contributed by atoms with Gasteiger partial charge in [-0.3, -0.25) is 0 Å². The van der Waals surface area contributed by atoms with E-state index in [9.17, 15) is 0 Å². The lowest BCUT2D eigenvalue weighted by molar-refractivity contribution is 0.211. The van der Waals surface area contributed by atoms with Crippen molar-refractivity contribution >= 4 is 23.4 Å². The van der Waals surface area contributed by atoms with Crippen LogP contribution in [0.25, 0.3) is 0 Å². The van der Waals surface area contributed by atoms with Gasteiger partial charge in [-0.15, -0.1) is 11.8 Å². The summed E-state index contributed by atoms with van der Waals surface area (Å²) in [7, 11) is 0. The molecule has 1 aliphatic heterocycles. The maximum Gasteiger partial charge on any atom is 0.198 e. The van der Waals surface area contributed by atoms with Crippen LogP contribution in [-0.2, 0) is 0 Å². The largest absolute Gasteiger partial charge is 0.342 e. The number of thioether (sulfide) groups is 1. The quantitative estimate of drug-likeness (QED) is 0.467. The van der Waals surface area contributed by atoms with E-state index < -0.39 is 0 Å². The molecule has 0 spiro atoms. The minimum absolute atomic E-state index is 0.191. The van der Waals surface area contributed by atoms with Gasteiger partial charge in [0.05, 0.1) is 11.7 Å². The first-order valence-electron chi connectivity index (χ1n) is 10.0. The molecule has 1 heterocycles. The molecule has 1 saturated carbocycles. The molecule has 1 saturated heterocycles. The molecular formula is C21H34N4S. The lowest BCUT2D eigenvalue weighted by Crippen LogP contribution is -2.47. The van der Waals surface area contributed by atoms with Crippen LogP contribution in [0.2, 0.25) is 0 Å². The number of benzene rings is 1. The minimum atomic E-state index is 0.191. The highest BCUT2D eigenvalue weighted by atomic mass is 32.2. The second-order valence-corrected chi connectivity index (χ2v) is 8.99. The summed E-state index contributed by atoms with van der Waals surface area (Å²) in [6.45, 7) is 6.84. The first-order valence-corrected chi connectivity index (χ1v) is 11.3. The zero-order chi connectivity index (χ0) is 18.5. The van der Waals surface area contributed by atoms with E-state index >= 15 is 0 Å². The van der Waals surface area contributed by atoms with Crippen molar-refractivity contribution in [1.29, 1.82) is 0 Å². The molecule has 0 radical (unpaired) electrons. The van der Waals surface area contributed by atoms with Crippen molar-refractivity contribution in [2.45, 2.75) is 62.9 Å². The Morgan fingerprint density at radius 1 is 1.15 bits per heavy atom. The van der Waals surface area contributed by atoms with Crippen molar-refractivity contribution in [3.05, 3.63) is 24.3 Å². The van der Waals surface area contributed by atoms with Gasteiger partial charge in [0.25, 0.3) is 0 Å². The molecule has 0 aromatic heterocycles. The SMILES string of the molecule is CSc1ccccc1NC(=N[C@H]1CCCC[C@@H]1N)N1CC(C)CC(C)C1. The van der Waals surface area contributed by atoms with Gasteiger partial charge >= 0.3 is 0 Å². The highest BCUT2D eigenvalue weighted by Gasteiger charge is 2.27. The number of piperidine rings is 1. The van der Waals surface area contributed by atoms with E-state index in [1.807, 2.05) is 0 Å². The number of nitrogens with zero attached hydrogens (tertiary/aromatic N) is 2. The van der Waals surface area contributed by atoms with Crippen molar-refractivity contribution in [3.8, 4) is 0 Å². The molecule has 2 aliphatic rings. The molecule has 3 rings (SSSR count). The molecule has 26 heavy (non-hydrogen) atoms.